The zero-order valence-electron chi connectivity index (χ0n) is 19.4. The SMILES string of the molecule is CC(C)(C)OC(=O)[C@@H](Cc1cccc2ccccc12)N=C(c1ccccc1)c1ccccc1. The molecular weight excluding hydrogens is 406 g/mol. The predicted molar refractivity (Wildman–Crippen MR) is 136 cm³/mol. The van der Waals surface area contributed by atoms with Gasteiger partial charge < -0.3 is 4.74 Å². The quantitative estimate of drug-likeness (QED) is 0.252. The van der Waals surface area contributed by atoms with E-state index in [0.717, 1.165) is 33.2 Å². The van der Waals surface area contributed by atoms with Gasteiger partial charge in [0.25, 0.3) is 0 Å². The molecule has 4 aromatic rings. The summed E-state index contributed by atoms with van der Waals surface area (Å²) < 4.78 is 5.81. The van der Waals surface area contributed by atoms with Gasteiger partial charge in [-0.1, -0.05) is 103 Å². The molecule has 3 nitrogen and oxygen atoms in total. The standard InChI is InChI=1S/C30H29NO2/c1-30(2,3)33-29(32)27(21-25-19-12-18-22-13-10-11-20-26(22)25)31-28(23-14-6-4-7-15-23)24-16-8-5-9-17-24/h4-20,27H,21H2,1-3H3/t27-/m1/s1. The number of carbonyl (C=O) groups excluding carboxylic acids is 1. The maximum atomic E-state index is 13.4. The van der Waals surface area contributed by atoms with Gasteiger partial charge in [0, 0.05) is 17.5 Å². The van der Waals surface area contributed by atoms with Gasteiger partial charge in [0.15, 0.2) is 6.04 Å². The first-order valence-corrected chi connectivity index (χ1v) is 11.3. The maximum absolute atomic E-state index is 13.4. The third-order valence-electron chi connectivity index (χ3n) is 5.35. The first-order valence-electron chi connectivity index (χ1n) is 11.3. The van der Waals surface area contributed by atoms with Crippen LogP contribution in [0.5, 0.6) is 0 Å². The fraction of sp³-hybridized carbons (Fsp3) is 0.200. The molecule has 0 saturated carbocycles. The van der Waals surface area contributed by atoms with E-state index in [2.05, 4.69) is 24.3 Å². The van der Waals surface area contributed by atoms with Gasteiger partial charge in [0.1, 0.15) is 5.60 Å². The molecule has 0 saturated heterocycles. The molecule has 0 radical (unpaired) electrons. The number of rotatable bonds is 6. The summed E-state index contributed by atoms with van der Waals surface area (Å²) in [6, 6.07) is 33.7. The molecule has 0 aliphatic rings. The highest BCUT2D eigenvalue weighted by molar-refractivity contribution is 6.13. The van der Waals surface area contributed by atoms with Crippen LogP contribution in [0.25, 0.3) is 10.8 Å². The van der Waals surface area contributed by atoms with Crippen LogP contribution in [0, 0.1) is 0 Å². The molecule has 0 heterocycles. The van der Waals surface area contributed by atoms with Gasteiger partial charge >= 0.3 is 5.97 Å². The van der Waals surface area contributed by atoms with Crippen molar-refractivity contribution in [1.82, 2.24) is 0 Å². The van der Waals surface area contributed by atoms with Crippen molar-refractivity contribution in [3.05, 3.63) is 120 Å². The summed E-state index contributed by atoms with van der Waals surface area (Å²) in [5.74, 6) is -0.320. The number of ether oxygens (including phenoxy) is 1. The Balaban J connectivity index is 1.82. The lowest BCUT2D eigenvalue weighted by Gasteiger charge is -2.23. The van der Waals surface area contributed by atoms with Crippen molar-refractivity contribution in [3.8, 4) is 0 Å². The second-order valence-electron chi connectivity index (χ2n) is 9.10. The average molecular weight is 436 g/mol. The summed E-state index contributed by atoms with van der Waals surface area (Å²) in [6.45, 7) is 5.66. The first-order chi connectivity index (χ1) is 15.9. The van der Waals surface area contributed by atoms with E-state index in [9.17, 15) is 4.79 Å². The van der Waals surface area contributed by atoms with Gasteiger partial charge in [-0.05, 0) is 37.1 Å². The van der Waals surface area contributed by atoms with Crippen LogP contribution in [-0.4, -0.2) is 23.3 Å². The Kier molecular flexibility index (Phi) is 6.69. The highest BCUT2D eigenvalue weighted by Crippen LogP contribution is 2.23. The topological polar surface area (TPSA) is 38.7 Å². The summed E-state index contributed by atoms with van der Waals surface area (Å²) in [5, 5.41) is 2.28. The molecule has 3 heteroatoms. The van der Waals surface area contributed by atoms with Crippen molar-refractivity contribution >= 4 is 22.5 Å². The summed E-state index contributed by atoms with van der Waals surface area (Å²) in [4.78, 5) is 18.4. The smallest absolute Gasteiger partial charge is 0.331 e. The van der Waals surface area contributed by atoms with Gasteiger partial charge in [0.05, 0.1) is 5.71 Å². The maximum Gasteiger partial charge on any atom is 0.331 e. The van der Waals surface area contributed by atoms with Crippen LogP contribution in [0.4, 0.5) is 0 Å². The van der Waals surface area contributed by atoms with E-state index < -0.39 is 11.6 Å². The van der Waals surface area contributed by atoms with Crippen molar-refractivity contribution in [2.24, 2.45) is 4.99 Å². The van der Waals surface area contributed by atoms with Crippen molar-refractivity contribution in [3.63, 3.8) is 0 Å². The lowest BCUT2D eigenvalue weighted by molar-refractivity contribution is -0.156. The fourth-order valence-corrected chi connectivity index (χ4v) is 3.89. The zero-order valence-corrected chi connectivity index (χ0v) is 19.4. The van der Waals surface area contributed by atoms with Gasteiger partial charge in [-0.2, -0.15) is 0 Å². The van der Waals surface area contributed by atoms with E-state index in [1.807, 2.05) is 99.6 Å². The number of carbonyl (C=O) groups is 1. The van der Waals surface area contributed by atoms with Crippen LogP contribution in [0.1, 0.15) is 37.5 Å². The fourth-order valence-electron chi connectivity index (χ4n) is 3.89. The highest BCUT2D eigenvalue weighted by atomic mass is 16.6. The van der Waals surface area contributed by atoms with E-state index in [4.69, 9.17) is 9.73 Å². The molecule has 0 aromatic heterocycles. The highest BCUT2D eigenvalue weighted by Gasteiger charge is 2.26. The Morgan fingerprint density at radius 1 is 0.758 bits per heavy atom. The minimum absolute atomic E-state index is 0.320. The molecule has 4 rings (SSSR count). The Hall–Kier alpha value is -3.72. The molecule has 0 aliphatic carbocycles. The van der Waals surface area contributed by atoms with Crippen LogP contribution < -0.4 is 0 Å². The molecule has 0 aliphatic heterocycles. The number of esters is 1. The first kappa shape index (κ1) is 22.5. The average Bonchev–Trinajstić information content (AvgIpc) is 2.82. The van der Waals surface area contributed by atoms with Gasteiger partial charge in [-0.15, -0.1) is 0 Å². The van der Waals surface area contributed by atoms with E-state index in [1.165, 1.54) is 0 Å². The molecule has 0 unspecified atom stereocenters. The Morgan fingerprint density at radius 3 is 1.91 bits per heavy atom. The molecule has 0 bridgehead atoms. The zero-order chi connectivity index (χ0) is 23.3. The number of benzene rings is 4. The normalized spacial score (nSPS) is 12.2. The van der Waals surface area contributed by atoms with Crippen LogP contribution in [0.2, 0.25) is 0 Å². The lowest BCUT2D eigenvalue weighted by Crippen LogP contribution is -2.33. The van der Waals surface area contributed by atoms with Crippen molar-refractivity contribution < 1.29 is 9.53 Å². The number of fused-ring (bicyclic) bond motifs is 1. The molecule has 0 N–H and O–H groups in total. The van der Waals surface area contributed by atoms with Crippen molar-refractivity contribution in [2.45, 2.75) is 38.8 Å². The largest absolute Gasteiger partial charge is 0.458 e. The van der Waals surface area contributed by atoms with Crippen LogP contribution in [0.15, 0.2) is 108 Å². The number of hydrogen-bond donors (Lipinski definition) is 0. The Morgan fingerprint density at radius 2 is 1.30 bits per heavy atom. The van der Waals surface area contributed by atoms with Gasteiger partial charge in [-0.25, -0.2) is 4.79 Å². The van der Waals surface area contributed by atoms with Gasteiger partial charge in [0.2, 0.25) is 0 Å². The van der Waals surface area contributed by atoms with Crippen LogP contribution >= 0.6 is 0 Å². The van der Waals surface area contributed by atoms with Crippen molar-refractivity contribution in [1.29, 1.82) is 0 Å². The van der Waals surface area contributed by atoms with E-state index in [0.29, 0.717) is 6.42 Å². The number of nitrogens with zero attached hydrogens (tertiary/aromatic N) is 1. The van der Waals surface area contributed by atoms with Gasteiger partial charge in [-0.3, -0.25) is 4.99 Å². The monoisotopic (exact) mass is 435 g/mol. The third-order valence-corrected chi connectivity index (χ3v) is 5.35. The van der Waals surface area contributed by atoms with E-state index in [1.54, 1.807) is 0 Å². The summed E-state index contributed by atoms with van der Waals surface area (Å²) >= 11 is 0. The van der Waals surface area contributed by atoms with Crippen molar-refractivity contribution in [2.75, 3.05) is 0 Å². The van der Waals surface area contributed by atoms with Crippen LogP contribution in [0.3, 0.4) is 0 Å². The summed E-state index contributed by atoms with van der Waals surface area (Å²) in [6.07, 6.45) is 0.458. The summed E-state index contributed by atoms with van der Waals surface area (Å²) in [7, 11) is 0. The Bertz CT molecular complexity index is 1210. The third kappa shape index (κ3) is 5.75. The minimum atomic E-state index is -0.676. The molecule has 0 fully saturated rings. The number of aliphatic imine (C=N–C) groups is 1. The number of hydrogen-bond acceptors (Lipinski definition) is 3. The second kappa shape index (κ2) is 9.83. The van der Waals surface area contributed by atoms with E-state index >= 15 is 0 Å². The minimum Gasteiger partial charge on any atom is -0.458 e. The molecule has 1 atom stereocenters. The van der Waals surface area contributed by atoms with Crippen LogP contribution in [-0.2, 0) is 16.0 Å². The van der Waals surface area contributed by atoms with E-state index in [-0.39, 0.29) is 5.97 Å². The Labute approximate surface area is 195 Å². The predicted octanol–water partition coefficient (Wildman–Crippen LogP) is 6.63. The molecule has 4 aromatic carbocycles. The molecule has 33 heavy (non-hydrogen) atoms. The molecule has 0 amide bonds. The molecule has 0 spiro atoms. The lowest BCUT2D eigenvalue weighted by atomic mass is 9.97. The molecular formula is C30H29NO2. The molecule has 166 valence electrons. The summed E-state index contributed by atoms with van der Waals surface area (Å²) in [5.41, 5.74) is 3.20. The second-order valence-corrected chi connectivity index (χ2v) is 9.10.